The molecule has 1 aromatic rings. The first-order valence-corrected chi connectivity index (χ1v) is 4.34. The van der Waals surface area contributed by atoms with Crippen LogP contribution in [0.3, 0.4) is 0 Å². The van der Waals surface area contributed by atoms with Gasteiger partial charge in [0.15, 0.2) is 6.61 Å². The lowest BCUT2D eigenvalue weighted by Crippen LogP contribution is -2.19. The molecule has 0 aliphatic rings. The Kier molecular flexibility index (Phi) is 3.87. The molecule has 4 nitrogen and oxygen atoms in total. The van der Waals surface area contributed by atoms with Gasteiger partial charge in [0, 0.05) is 10.6 Å². The molecule has 16 heavy (non-hydrogen) atoms. The smallest absolute Gasteiger partial charge is 0.422 e. The van der Waals surface area contributed by atoms with Crippen molar-refractivity contribution in [2.24, 2.45) is 5.11 Å². The van der Waals surface area contributed by atoms with Gasteiger partial charge in [-0.25, -0.2) is 0 Å². The number of halogens is 4. The van der Waals surface area contributed by atoms with E-state index in [9.17, 15) is 13.2 Å². The van der Waals surface area contributed by atoms with Crippen LogP contribution < -0.4 is 4.74 Å². The molecule has 0 aromatic heterocycles. The number of azide groups is 1. The third-order valence-electron chi connectivity index (χ3n) is 1.47. The van der Waals surface area contributed by atoms with Crippen LogP contribution in [0.4, 0.5) is 18.9 Å². The highest BCUT2D eigenvalue weighted by atomic mass is 35.5. The van der Waals surface area contributed by atoms with Gasteiger partial charge in [0.1, 0.15) is 5.75 Å². The van der Waals surface area contributed by atoms with E-state index >= 15 is 0 Å². The van der Waals surface area contributed by atoms with E-state index < -0.39 is 12.8 Å². The summed E-state index contributed by atoms with van der Waals surface area (Å²) in [5, 5.41) is 3.19. The predicted molar refractivity (Wildman–Crippen MR) is 51.8 cm³/mol. The van der Waals surface area contributed by atoms with Gasteiger partial charge in [-0.15, -0.1) is 0 Å². The van der Waals surface area contributed by atoms with E-state index in [2.05, 4.69) is 14.8 Å². The Morgan fingerprint density at radius 1 is 1.44 bits per heavy atom. The van der Waals surface area contributed by atoms with Crippen molar-refractivity contribution in [2.45, 2.75) is 6.18 Å². The van der Waals surface area contributed by atoms with Gasteiger partial charge >= 0.3 is 6.18 Å². The van der Waals surface area contributed by atoms with E-state index in [1.807, 2.05) is 0 Å². The van der Waals surface area contributed by atoms with E-state index in [-0.39, 0.29) is 16.5 Å². The van der Waals surface area contributed by atoms with Crippen LogP contribution in [0.5, 0.6) is 5.75 Å². The van der Waals surface area contributed by atoms with Crippen molar-refractivity contribution in [1.29, 1.82) is 0 Å². The van der Waals surface area contributed by atoms with Crippen molar-refractivity contribution < 1.29 is 17.9 Å². The Morgan fingerprint density at radius 2 is 2.12 bits per heavy atom. The molecule has 0 N–H and O–H groups in total. The molecule has 0 fully saturated rings. The summed E-state index contributed by atoms with van der Waals surface area (Å²) in [5.41, 5.74) is 8.33. The zero-order chi connectivity index (χ0) is 12.2. The third-order valence-corrected chi connectivity index (χ3v) is 1.76. The fourth-order valence-electron chi connectivity index (χ4n) is 0.880. The van der Waals surface area contributed by atoms with Crippen LogP contribution in [0.25, 0.3) is 10.4 Å². The molecule has 0 aliphatic carbocycles. The number of rotatable bonds is 3. The Morgan fingerprint density at radius 3 is 2.62 bits per heavy atom. The maximum atomic E-state index is 11.8. The van der Waals surface area contributed by atoms with Gasteiger partial charge in [-0.05, 0) is 23.7 Å². The zero-order valence-electron chi connectivity index (χ0n) is 7.70. The molecular formula is C8H5ClF3N3O. The molecule has 86 valence electrons. The number of hydrogen-bond acceptors (Lipinski definition) is 2. The van der Waals surface area contributed by atoms with Gasteiger partial charge in [0.2, 0.25) is 0 Å². The molecule has 0 saturated heterocycles. The largest absolute Gasteiger partial charge is 0.483 e. The van der Waals surface area contributed by atoms with Crippen molar-refractivity contribution in [1.82, 2.24) is 0 Å². The SMILES string of the molecule is [N-]=[N+]=Nc1ccc(OCC(F)(F)F)c(Cl)c1. The minimum atomic E-state index is -4.42. The number of nitrogens with zero attached hydrogens (tertiary/aromatic N) is 3. The van der Waals surface area contributed by atoms with Crippen LogP contribution in [0.15, 0.2) is 23.3 Å². The predicted octanol–water partition coefficient (Wildman–Crippen LogP) is 4.22. The van der Waals surface area contributed by atoms with Gasteiger partial charge in [0.05, 0.1) is 5.02 Å². The Hall–Kier alpha value is -1.59. The molecule has 8 heteroatoms. The van der Waals surface area contributed by atoms with Crippen LogP contribution in [-0.2, 0) is 0 Å². The van der Waals surface area contributed by atoms with Gasteiger partial charge in [0.25, 0.3) is 0 Å². The Bertz CT molecular complexity index is 429. The first-order chi connectivity index (χ1) is 7.42. The van der Waals surface area contributed by atoms with Crippen molar-refractivity contribution in [2.75, 3.05) is 6.61 Å². The monoisotopic (exact) mass is 251 g/mol. The maximum Gasteiger partial charge on any atom is 0.422 e. The minimum absolute atomic E-state index is 0.0471. The second-order valence-corrected chi connectivity index (χ2v) is 3.12. The zero-order valence-corrected chi connectivity index (χ0v) is 8.46. The van der Waals surface area contributed by atoms with E-state index in [0.717, 1.165) is 0 Å². The first-order valence-electron chi connectivity index (χ1n) is 3.96. The molecule has 0 bridgehead atoms. The summed E-state index contributed by atoms with van der Waals surface area (Å²) >= 11 is 5.62. The van der Waals surface area contributed by atoms with Gasteiger partial charge < -0.3 is 4.74 Å². The number of ether oxygens (including phenoxy) is 1. The van der Waals surface area contributed by atoms with Crippen LogP contribution in [0, 0.1) is 0 Å². The molecule has 0 spiro atoms. The van der Waals surface area contributed by atoms with Gasteiger partial charge in [-0.3, -0.25) is 0 Å². The third kappa shape index (κ3) is 3.88. The first kappa shape index (κ1) is 12.5. The lowest BCUT2D eigenvalue weighted by molar-refractivity contribution is -0.153. The molecule has 0 radical (unpaired) electrons. The van der Waals surface area contributed by atoms with E-state index in [0.29, 0.717) is 0 Å². The van der Waals surface area contributed by atoms with E-state index in [4.69, 9.17) is 17.1 Å². The van der Waals surface area contributed by atoms with E-state index in [1.54, 1.807) is 0 Å². The standard InChI is InChI=1S/C8H5ClF3N3O/c9-6-3-5(14-15-13)1-2-7(6)16-4-8(10,11)12/h1-3H,4H2. The van der Waals surface area contributed by atoms with Crippen molar-refractivity contribution in [3.05, 3.63) is 33.7 Å². The van der Waals surface area contributed by atoms with Crippen molar-refractivity contribution in [3.63, 3.8) is 0 Å². The van der Waals surface area contributed by atoms with E-state index in [1.165, 1.54) is 18.2 Å². The summed E-state index contributed by atoms with van der Waals surface area (Å²) in [6, 6.07) is 3.72. The quantitative estimate of drug-likeness (QED) is 0.451. The Balaban J connectivity index is 2.79. The second-order valence-electron chi connectivity index (χ2n) is 2.71. The molecule has 0 heterocycles. The molecule has 0 saturated carbocycles. The maximum absolute atomic E-state index is 11.8. The number of benzene rings is 1. The Labute approximate surface area is 93.2 Å². The summed E-state index contributed by atoms with van der Waals surface area (Å²) in [4.78, 5) is 2.51. The van der Waals surface area contributed by atoms with Crippen LogP contribution in [-0.4, -0.2) is 12.8 Å². The molecule has 0 atom stereocenters. The lowest BCUT2D eigenvalue weighted by Gasteiger charge is -2.10. The fourth-order valence-corrected chi connectivity index (χ4v) is 1.11. The molecular weight excluding hydrogens is 247 g/mol. The normalized spacial score (nSPS) is 10.8. The second kappa shape index (κ2) is 4.96. The van der Waals surface area contributed by atoms with Crippen LogP contribution in [0.1, 0.15) is 0 Å². The summed E-state index contributed by atoms with van der Waals surface area (Å²) in [5.74, 6) is -0.115. The highest BCUT2D eigenvalue weighted by Gasteiger charge is 2.28. The summed E-state index contributed by atoms with van der Waals surface area (Å²) in [7, 11) is 0. The molecule has 1 rings (SSSR count). The van der Waals surface area contributed by atoms with Crippen molar-refractivity contribution in [3.8, 4) is 5.75 Å². The van der Waals surface area contributed by atoms with Gasteiger partial charge in [-0.1, -0.05) is 16.7 Å². The van der Waals surface area contributed by atoms with Crippen LogP contribution in [0.2, 0.25) is 5.02 Å². The number of hydrogen-bond donors (Lipinski definition) is 0. The van der Waals surface area contributed by atoms with Crippen molar-refractivity contribution >= 4 is 17.3 Å². The van der Waals surface area contributed by atoms with Crippen LogP contribution >= 0.6 is 11.6 Å². The fraction of sp³-hybridized carbons (Fsp3) is 0.250. The summed E-state index contributed by atoms with van der Waals surface area (Å²) < 4.78 is 40.0. The molecule has 0 amide bonds. The van der Waals surface area contributed by atoms with Gasteiger partial charge in [-0.2, -0.15) is 13.2 Å². The average Bonchev–Trinajstić information content (AvgIpc) is 2.15. The minimum Gasteiger partial charge on any atom is -0.483 e. The average molecular weight is 252 g/mol. The summed E-state index contributed by atoms with van der Waals surface area (Å²) in [6.45, 7) is -1.42. The highest BCUT2D eigenvalue weighted by molar-refractivity contribution is 6.32. The topological polar surface area (TPSA) is 58.0 Å². The summed E-state index contributed by atoms with van der Waals surface area (Å²) in [6.07, 6.45) is -4.42. The lowest BCUT2D eigenvalue weighted by atomic mass is 10.3. The number of alkyl halides is 3. The molecule has 1 aromatic carbocycles. The molecule has 0 aliphatic heterocycles. The highest BCUT2D eigenvalue weighted by Crippen LogP contribution is 2.30. The molecule has 0 unspecified atom stereocenters.